The molecule has 2 N–H and O–H groups in total. The number of carbonyl (C=O) groups is 1. The van der Waals surface area contributed by atoms with Gasteiger partial charge in [-0.2, -0.15) is 0 Å². The fourth-order valence-corrected chi connectivity index (χ4v) is 2.69. The third kappa shape index (κ3) is 4.96. The van der Waals surface area contributed by atoms with Gasteiger partial charge in [-0.3, -0.25) is 4.79 Å². The zero-order valence-electron chi connectivity index (χ0n) is 14.8. The van der Waals surface area contributed by atoms with Crippen molar-refractivity contribution >= 4 is 5.91 Å². The maximum atomic E-state index is 12.7. The van der Waals surface area contributed by atoms with Crippen molar-refractivity contribution in [2.45, 2.75) is 52.0 Å². The number of rotatable bonds is 6. The van der Waals surface area contributed by atoms with Crippen LogP contribution in [0.1, 0.15) is 46.1 Å². The molecule has 1 aromatic rings. The summed E-state index contributed by atoms with van der Waals surface area (Å²) in [5.41, 5.74) is 0.474. The van der Waals surface area contributed by atoms with E-state index >= 15 is 0 Å². The molecule has 0 radical (unpaired) electrons. The third-order valence-corrected chi connectivity index (χ3v) is 4.40. The van der Waals surface area contributed by atoms with Crippen LogP contribution in [0.4, 0.5) is 0 Å². The third-order valence-electron chi connectivity index (χ3n) is 4.40. The molecule has 0 spiro atoms. The molecule has 0 unspecified atom stereocenters. The predicted molar refractivity (Wildman–Crippen MR) is 93.8 cm³/mol. The van der Waals surface area contributed by atoms with Crippen molar-refractivity contribution < 1.29 is 9.53 Å². The molecular formula is C19H30N2O2. The topological polar surface area (TPSA) is 50.4 Å². The Bertz CT molecular complexity index is 503. The molecule has 1 amide bonds. The van der Waals surface area contributed by atoms with Gasteiger partial charge in [0, 0.05) is 6.04 Å². The lowest BCUT2D eigenvalue weighted by atomic mass is 9.83. The molecule has 0 aromatic heterocycles. The Kier molecular flexibility index (Phi) is 6.05. The van der Waals surface area contributed by atoms with Gasteiger partial charge in [-0.1, -0.05) is 26.0 Å². The van der Waals surface area contributed by atoms with Gasteiger partial charge in [0.05, 0.1) is 12.0 Å². The summed E-state index contributed by atoms with van der Waals surface area (Å²) < 4.78 is 5.71. The second kappa shape index (κ2) is 7.82. The van der Waals surface area contributed by atoms with Crippen LogP contribution in [0.5, 0.6) is 5.75 Å². The Balaban J connectivity index is 1.98. The lowest BCUT2D eigenvalue weighted by molar-refractivity contribution is -0.126. The molecule has 1 aliphatic heterocycles. The molecule has 4 nitrogen and oxygen atoms in total. The molecule has 0 saturated carbocycles. The zero-order chi connectivity index (χ0) is 16.9. The summed E-state index contributed by atoms with van der Waals surface area (Å²) in [7, 11) is 0. The minimum atomic E-state index is -0.540. The minimum absolute atomic E-state index is 0.0975. The standard InChI is InChI=1S/C19H30N2O2/c1-14(2)13-23-17-7-5-15(6-8-17)19(3,4)18(22)21-16-9-11-20-12-10-16/h5-8,14,16,20H,9-13H2,1-4H3,(H,21,22). The molecular weight excluding hydrogens is 288 g/mol. The van der Waals surface area contributed by atoms with E-state index < -0.39 is 5.41 Å². The van der Waals surface area contributed by atoms with Crippen LogP contribution in [0.2, 0.25) is 0 Å². The average molecular weight is 318 g/mol. The summed E-state index contributed by atoms with van der Waals surface area (Å²) in [6.07, 6.45) is 2.01. The van der Waals surface area contributed by atoms with Crippen LogP contribution in [0.3, 0.4) is 0 Å². The second-order valence-corrected chi connectivity index (χ2v) is 7.35. The van der Waals surface area contributed by atoms with Gasteiger partial charge in [0.25, 0.3) is 0 Å². The number of hydrogen-bond donors (Lipinski definition) is 2. The predicted octanol–water partition coefficient (Wildman–Crippen LogP) is 2.87. The molecule has 1 heterocycles. The highest BCUT2D eigenvalue weighted by Gasteiger charge is 2.31. The first-order chi connectivity index (χ1) is 10.9. The summed E-state index contributed by atoms with van der Waals surface area (Å²) >= 11 is 0. The summed E-state index contributed by atoms with van der Waals surface area (Å²) in [6, 6.07) is 8.20. The molecule has 1 fully saturated rings. The van der Waals surface area contributed by atoms with Crippen molar-refractivity contribution in [3.63, 3.8) is 0 Å². The molecule has 1 aromatic carbocycles. The first kappa shape index (κ1) is 17.8. The number of ether oxygens (including phenoxy) is 1. The molecule has 1 aliphatic rings. The van der Waals surface area contributed by atoms with E-state index in [1.807, 2.05) is 38.1 Å². The smallest absolute Gasteiger partial charge is 0.230 e. The molecule has 0 bridgehead atoms. The van der Waals surface area contributed by atoms with Crippen LogP contribution < -0.4 is 15.4 Å². The Hall–Kier alpha value is -1.55. The fraction of sp³-hybridized carbons (Fsp3) is 0.632. The SMILES string of the molecule is CC(C)COc1ccc(C(C)(C)C(=O)NC2CCNCC2)cc1. The number of amides is 1. The number of nitrogens with one attached hydrogen (secondary N) is 2. The van der Waals surface area contributed by atoms with Crippen LogP contribution >= 0.6 is 0 Å². The highest BCUT2D eigenvalue weighted by molar-refractivity contribution is 5.87. The Morgan fingerprint density at radius 1 is 1.26 bits per heavy atom. The monoisotopic (exact) mass is 318 g/mol. The molecule has 1 saturated heterocycles. The lowest BCUT2D eigenvalue weighted by Gasteiger charge is -2.30. The number of carbonyl (C=O) groups excluding carboxylic acids is 1. The highest BCUT2D eigenvalue weighted by Crippen LogP contribution is 2.26. The molecule has 128 valence electrons. The normalized spacial score (nSPS) is 16.4. The van der Waals surface area contributed by atoms with Gasteiger partial charge in [-0.15, -0.1) is 0 Å². The molecule has 23 heavy (non-hydrogen) atoms. The molecule has 0 aliphatic carbocycles. The molecule has 2 rings (SSSR count). The van der Waals surface area contributed by atoms with Crippen LogP contribution in [-0.4, -0.2) is 31.6 Å². The highest BCUT2D eigenvalue weighted by atomic mass is 16.5. The summed E-state index contributed by atoms with van der Waals surface area (Å²) in [4.78, 5) is 12.7. The van der Waals surface area contributed by atoms with Gasteiger partial charge in [0.15, 0.2) is 0 Å². The van der Waals surface area contributed by atoms with E-state index in [0.29, 0.717) is 12.5 Å². The quantitative estimate of drug-likeness (QED) is 0.848. The van der Waals surface area contributed by atoms with Crippen molar-refractivity contribution in [3.8, 4) is 5.75 Å². The maximum Gasteiger partial charge on any atom is 0.230 e. The number of piperidine rings is 1. The molecule has 0 atom stereocenters. The lowest BCUT2D eigenvalue weighted by Crippen LogP contribution is -2.48. The van der Waals surface area contributed by atoms with Crippen molar-refractivity contribution in [3.05, 3.63) is 29.8 Å². The molecule has 4 heteroatoms. The number of hydrogen-bond acceptors (Lipinski definition) is 3. The maximum absolute atomic E-state index is 12.7. The fourth-order valence-electron chi connectivity index (χ4n) is 2.69. The van der Waals surface area contributed by atoms with Gasteiger partial charge in [-0.25, -0.2) is 0 Å². The first-order valence-electron chi connectivity index (χ1n) is 8.64. The van der Waals surface area contributed by atoms with Gasteiger partial charge in [0.1, 0.15) is 5.75 Å². The summed E-state index contributed by atoms with van der Waals surface area (Å²) in [6.45, 7) is 10.9. The largest absolute Gasteiger partial charge is 0.493 e. The van der Waals surface area contributed by atoms with Crippen LogP contribution in [0.25, 0.3) is 0 Å². The van der Waals surface area contributed by atoms with Crippen molar-refractivity contribution in [1.82, 2.24) is 10.6 Å². The average Bonchev–Trinajstić information content (AvgIpc) is 2.54. The van der Waals surface area contributed by atoms with Crippen molar-refractivity contribution in [1.29, 1.82) is 0 Å². The Labute approximate surface area is 140 Å². The van der Waals surface area contributed by atoms with Crippen molar-refractivity contribution in [2.24, 2.45) is 5.92 Å². The van der Waals surface area contributed by atoms with E-state index in [-0.39, 0.29) is 11.9 Å². The van der Waals surface area contributed by atoms with Gasteiger partial charge >= 0.3 is 0 Å². The zero-order valence-corrected chi connectivity index (χ0v) is 14.8. The van der Waals surface area contributed by atoms with E-state index in [2.05, 4.69) is 24.5 Å². The van der Waals surface area contributed by atoms with Crippen LogP contribution in [0.15, 0.2) is 24.3 Å². The van der Waals surface area contributed by atoms with E-state index in [0.717, 1.165) is 37.2 Å². The summed E-state index contributed by atoms with van der Waals surface area (Å²) in [5.74, 6) is 1.46. The van der Waals surface area contributed by atoms with Gasteiger partial charge in [0.2, 0.25) is 5.91 Å². The Morgan fingerprint density at radius 2 is 1.87 bits per heavy atom. The van der Waals surface area contributed by atoms with E-state index in [4.69, 9.17) is 4.74 Å². The first-order valence-corrected chi connectivity index (χ1v) is 8.64. The minimum Gasteiger partial charge on any atom is -0.493 e. The van der Waals surface area contributed by atoms with E-state index in [1.165, 1.54) is 0 Å². The van der Waals surface area contributed by atoms with Gasteiger partial charge < -0.3 is 15.4 Å². The van der Waals surface area contributed by atoms with Crippen LogP contribution in [-0.2, 0) is 10.2 Å². The second-order valence-electron chi connectivity index (χ2n) is 7.35. The van der Waals surface area contributed by atoms with E-state index in [1.54, 1.807) is 0 Å². The number of benzene rings is 1. The van der Waals surface area contributed by atoms with Crippen LogP contribution in [0, 0.1) is 5.92 Å². The van der Waals surface area contributed by atoms with Crippen molar-refractivity contribution in [2.75, 3.05) is 19.7 Å². The Morgan fingerprint density at radius 3 is 2.43 bits per heavy atom. The summed E-state index contributed by atoms with van der Waals surface area (Å²) in [5, 5.41) is 6.52. The van der Waals surface area contributed by atoms with E-state index in [9.17, 15) is 4.79 Å². The van der Waals surface area contributed by atoms with Gasteiger partial charge in [-0.05, 0) is 63.4 Å².